The van der Waals surface area contributed by atoms with Gasteiger partial charge >= 0.3 is 0 Å². The molecular weight excluding hydrogens is 370 g/mol. The van der Waals surface area contributed by atoms with Crippen LogP contribution in [0.15, 0.2) is 29.5 Å². The minimum atomic E-state index is -2.01. The monoisotopic (exact) mass is 385 g/mol. The molecule has 1 amide bonds. The van der Waals surface area contributed by atoms with Crippen molar-refractivity contribution >= 4 is 28.2 Å². The van der Waals surface area contributed by atoms with Crippen molar-refractivity contribution in [1.82, 2.24) is 0 Å². The molecule has 9 nitrogen and oxygen atoms in total. The topological polar surface area (TPSA) is 178 Å². The molecule has 2 aromatic rings. The first-order valence-corrected chi connectivity index (χ1v) is 8.28. The number of amides is 1. The number of phenols is 3. The predicted octanol–water partition coefficient (Wildman–Crippen LogP) is 0.313. The van der Waals surface area contributed by atoms with Gasteiger partial charge in [-0.2, -0.15) is 0 Å². The standard InChI is InChI=1S/C19H15NO8/c20-18(27)13-10(23)5-19(28)4-7-1-6-2-8(21)3-9(22)11(6)15(24)12(7)16(25)14(19)17(13)26/h1-3,14,21-22,24,26,28H,4-5H2,(H2,20,27)/t14?,19-/m1/s1. The van der Waals surface area contributed by atoms with E-state index in [2.05, 4.69) is 0 Å². The molecule has 2 aliphatic rings. The molecule has 2 aromatic carbocycles. The van der Waals surface area contributed by atoms with Crippen molar-refractivity contribution < 1.29 is 39.9 Å². The van der Waals surface area contributed by atoms with Gasteiger partial charge in [0.1, 0.15) is 34.5 Å². The summed E-state index contributed by atoms with van der Waals surface area (Å²) in [7, 11) is 0. The maximum Gasteiger partial charge on any atom is 0.255 e. The van der Waals surface area contributed by atoms with E-state index in [0.717, 1.165) is 6.07 Å². The van der Waals surface area contributed by atoms with Crippen LogP contribution in [-0.2, 0) is 16.0 Å². The number of aliphatic hydroxyl groups is 2. The van der Waals surface area contributed by atoms with Crippen molar-refractivity contribution in [3.8, 4) is 17.2 Å². The van der Waals surface area contributed by atoms with Crippen LogP contribution in [0.25, 0.3) is 10.8 Å². The Morgan fingerprint density at radius 3 is 2.39 bits per heavy atom. The summed E-state index contributed by atoms with van der Waals surface area (Å²) in [5.41, 5.74) is 2.27. The number of carbonyl (C=O) groups is 3. The molecule has 0 radical (unpaired) electrons. The molecular formula is C19H15NO8. The van der Waals surface area contributed by atoms with Crippen LogP contribution < -0.4 is 5.73 Å². The molecule has 2 atom stereocenters. The Hall–Kier alpha value is -3.59. The molecule has 0 heterocycles. The number of benzene rings is 2. The van der Waals surface area contributed by atoms with Gasteiger partial charge in [0.05, 0.1) is 16.6 Å². The van der Waals surface area contributed by atoms with E-state index in [0.29, 0.717) is 0 Å². The molecule has 2 aliphatic carbocycles. The van der Waals surface area contributed by atoms with Crippen LogP contribution in [0.4, 0.5) is 0 Å². The van der Waals surface area contributed by atoms with Gasteiger partial charge in [-0.3, -0.25) is 14.4 Å². The van der Waals surface area contributed by atoms with Crippen molar-refractivity contribution in [2.75, 3.05) is 0 Å². The SMILES string of the molecule is NC(=O)C1=C(O)C2C(=O)c3c(cc4cc(O)cc(O)c4c3O)C[C@@]2(O)CC1=O. The first kappa shape index (κ1) is 17.8. The Bertz CT molecular complexity index is 1150. The molecule has 28 heavy (non-hydrogen) atoms. The number of nitrogens with two attached hydrogens (primary N) is 1. The van der Waals surface area contributed by atoms with E-state index in [1.165, 1.54) is 12.1 Å². The average molecular weight is 385 g/mol. The molecule has 9 heteroatoms. The number of aromatic hydroxyl groups is 3. The minimum absolute atomic E-state index is 0.0965. The molecule has 0 spiro atoms. The second-order valence-corrected chi connectivity index (χ2v) is 7.12. The number of rotatable bonds is 1. The number of aliphatic hydroxyl groups excluding tert-OH is 1. The number of hydrogen-bond acceptors (Lipinski definition) is 8. The molecule has 0 aliphatic heterocycles. The zero-order valence-electron chi connectivity index (χ0n) is 14.3. The van der Waals surface area contributed by atoms with Crippen LogP contribution in [-0.4, -0.2) is 48.6 Å². The van der Waals surface area contributed by atoms with Crippen LogP contribution in [0.1, 0.15) is 22.3 Å². The molecule has 0 saturated heterocycles. The number of ketones is 2. The molecule has 0 fully saturated rings. The minimum Gasteiger partial charge on any atom is -0.510 e. The number of carbonyl (C=O) groups excluding carboxylic acids is 3. The zero-order chi connectivity index (χ0) is 20.5. The molecule has 0 bridgehead atoms. The van der Waals surface area contributed by atoms with E-state index in [1.54, 1.807) is 0 Å². The van der Waals surface area contributed by atoms with Crippen molar-refractivity contribution in [2.24, 2.45) is 11.7 Å². The fraction of sp³-hybridized carbons (Fsp3) is 0.211. The lowest BCUT2D eigenvalue weighted by Crippen LogP contribution is -2.54. The fourth-order valence-electron chi connectivity index (χ4n) is 4.24. The summed E-state index contributed by atoms with van der Waals surface area (Å²) in [5.74, 6) is -6.97. The Kier molecular flexibility index (Phi) is 3.47. The molecule has 4 rings (SSSR count). The van der Waals surface area contributed by atoms with Crippen LogP contribution in [0.3, 0.4) is 0 Å². The quantitative estimate of drug-likeness (QED) is 0.380. The second kappa shape index (κ2) is 5.46. The maximum absolute atomic E-state index is 13.1. The van der Waals surface area contributed by atoms with Gasteiger partial charge in [-0.25, -0.2) is 0 Å². The Balaban J connectivity index is 2.02. The summed E-state index contributed by atoms with van der Waals surface area (Å²) in [6.07, 6.45) is -0.907. The van der Waals surface area contributed by atoms with E-state index in [1.807, 2.05) is 0 Å². The zero-order valence-corrected chi connectivity index (χ0v) is 14.3. The predicted molar refractivity (Wildman–Crippen MR) is 93.9 cm³/mol. The number of phenolic OH excluding ortho intramolecular Hbond substituents is 3. The van der Waals surface area contributed by atoms with E-state index in [-0.39, 0.29) is 34.1 Å². The fourth-order valence-corrected chi connectivity index (χ4v) is 4.24. The third kappa shape index (κ3) is 2.20. The van der Waals surface area contributed by atoms with Gasteiger partial charge in [0, 0.05) is 18.9 Å². The van der Waals surface area contributed by atoms with Gasteiger partial charge < -0.3 is 31.3 Å². The highest BCUT2D eigenvalue weighted by Crippen LogP contribution is 2.49. The number of fused-ring (bicyclic) bond motifs is 3. The summed E-state index contributed by atoms with van der Waals surface area (Å²) in [6.45, 7) is 0. The smallest absolute Gasteiger partial charge is 0.255 e. The summed E-state index contributed by atoms with van der Waals surface area (Å²) < 4.78 is 0. The van der Waals surface area contributed by atoms with Crippen LogP contribution in [0, 0.1) is 5.92 Å². The van der Waals surface area contributed by atoms with Gasteiger partial charge in [0.25, 0.3) is 5.91 Å². The van der Waals surface area contributed by atoms with Crippen LogP contribution in [0.2, 0.25) is 0 Å². The first-order chi connectivity index (χ1) is 13.0. The van der Waals surface area contributed by atoms with Crippen molar-refractivity contribution in [3.05, 3.63) is 40.7 Å². The lowest BCUT2D eigenvalue weighted by molar-refractivity contribution is -0.128. The highest BCUT2D eigenvalue weighted by Gasteiger charge is 2.55. The van der Waals surface area contributed by atoms with E-state index in [9.17, 15) is 39.9 Å². The second-order valence-electron chi connectivity index (χ2n) is 7.12. The highest BCUT2D eigenvalue weighted by molar-refractivity contribution is 6.22. The Morgan fingerprint density at radius 2 is 1.75 bits per heavy atom. The average Bonchev–Trinajstić information content (AvgIpc) is 2.51. The maximum atomic E-state index is 13.1. The molecule has 0 saturated carbocycles. The van der Waals surface area contributed by atoms with Gasteiger partial charge in [-0.1, -0.05) is 0 Å². The van der Waals surface area contributed by atoms with E-state index >= 15 is 0 Å². The van der Waals surface area contributed by atoms with Crippen molar-refractivity contribution in [1.29, 1.82) is 0 Å². The third-order valence-corrected chi connectivity index (χ3v) is 5.32. The summed E-state index contributed by atoms with van der Waals surface area (Å²) in [6, 6.07) is 3.63. The number of hydrogen-bond donors (Lipinski definition) is 6. The van der Waals surface area contributed by atoms with Crippen LogP contribution >= 0.6 is 0 Å². The number of Topliss-reactive ketones (excluding diaryl/α,β-unsaturated/α-hetero) is 2. The van der Waals surface area contributed by atoms with Crippen LogP contribution in [0.5, 0.6) is 17.2 Å². The summed E-state index contributed by atoms with van der Waals surface area (Å²) in [4.78, 5) is 36.8. The third-order valence-electron chi connectivity index (χ3n) is 5.32. The summed E-state index contributed by atoms with van der Waals surface area (Å²) in [5, 5.41) is 51.8. The molecule has 7 N–H and O–H groups in total. The van der Waals surface area contributed by atoms with E-state index in [4.69, 9.17) is 5.73 Å². The van der Waals surface area contributed by atoms with Gasteiger partial charge in [-0.05, 0) is 23.1 Å². The van der Waals surface area contributed by atoms with E-state index < -0.39 is 58.2 Å². The Morgan fingerprint density at radius 1 is 1.07 bits per heavy atom. The normalized spacial score (nSPS) is 24.2. The first-order valence-electron chi connectivity index (χ1n) is 8.28. The highest BCUT2D eigenvalue weighted by atomic mass is 16.3. The van der Waals surface area contributed by atoms with Gasteiger partial charge in [0.15, 0.2) is 11.6 Å². The largest absolute Gasteiger partial charge is 0.510 e. The van der Waals surface area contributed by atoms with Gasteiger partial charge in [0.2, 0.25) is 0 Å². The summed E-state index contributed by atoms with van der Waals surface area (Å²) >= 11 is 0. The molecule has 0 aromatic heterocycles. The molecule has 144 valence electrons. The lowest BCUT2D eigenvalue weighted by Gasteiger charge is -2.42. The lowest BCUT2D eigenvalue weighted by atomic mass is 9.64. The Labute approximate surface area is 156 Å². The van der Waals surface area contributed by atoms with Gasteiger partial charge in [-0.15, -0.1) is 0 Å². The molecule has 1 unspecified atom stereocenters. The van der Waals surface area contributed by atoms with Crippen molar-refractivity contribution in [3.63, 3.8) is 0 Å². The number of primary amides is 1. The van der Waals surface area contributed by atoms with Crippen molar-refractivity contribution in [2.45, 2.75) is 18.4 Å².